The number of carbonyl (C=O) groups is 2. The quantitative estimate of drug-likeness (QED) is 0.545. The maximum Gasteiger partial charge on any atom is 0.220 e. The molecule has 156 valence electrons. The van der Waals surface area contributed by atoms with Gasteiger partial charge in [-0.2, -0.15) is 0 Å². The van der Waals surface area contributed by atoms with Crippen LogP contribution in [0.3, 0.4) is 0 Å². The Hall–Kier alpha value is -2.66. The predicted octanol–water partition coefficient (Wildman–Crippen LogP) is 4.25. The lowest BCUT2D eigenvalue weighted by atomic mass is 10.0. The second-order valence-corrected chi connectivity index (χ2v) is 6.96. The largest absolute Gasteiger partial charge is 0.497 e. The maximum atomic E-state index is 12.3. The minimum Gasteiger partial charge on any atom is -0.497 e. The smallest absolute Gasteiger partial charge is 0.220 e. The van der Waals surface area contributed by atoms with E-state index in [2.05, 4.69) is 24.1 Å². The van der Waals surface area contributed by atoms with Crippen LogP contribution >= 0.6 is 0 Å². The number of hydrogen-bond acceptors (Lipinski definition) is 4. The number of nitrogens with one attached hydrogen (secondary N) is 1. The fourth-order valence-corrected chi connectivity index (χ4v) is 3.42. The van der Waals surface area contributed by atoms with E-state index in [1.807, 2.05) is 54.6 Å². The lowest BCUT2D eigenvalue weighted by molar-refractivity contribution is -0.121. The molecule has 29 heavy (non-hydrogen) atoms. The van der Waals surface area contributed by atoms with E-state index in [9.17, 15) is 9.59 Å². The van der Waals surface area contributed by atoms with Crippen LogP contribution in [0.5, 0.6) is 5.75 Å². The first-order valence-corrected chi connectivity index (χ1v) is 10.3. The third kappa shape index (κ3) is 7.02. The summed E-state index contributed by atoms with van der Waals surface area (Å²) in [6.07, 6.45) is 1.29. The summed E-state index contributed by atoms with van der Waals surface area (Å²) in [5.74, 6) is 0.883. The molecule has 5 nitrogen and oxygen atoms in total. The highest BCUT2D eigenvalue weighted by atomic mass is 16.5. The van der Waals surface area contributed by atoms with Crippen LogP contribution in [0.2, 0.25) is 0 Å². The highest BCUT2D eigenvalue weighted by Crippen LogP contribution is 2.22. The van der Waals surface area contributed by atoms with Crippen LogP contribution in [0.1, 0.15) is 55.1 Å². The van der Waals surface area contributed by atoms with E-state index in [4.69, 9.17) is 4.74 Å². The van der Waals surface area contributed by atoms with Gasteiger partial charge in [0, 0.05) is 24.9 Å². The normalized spacial score (nSPS) is 11.9. The fraction of sp³-hybridized carbons (Fsp3) is 0.417. The molecule has 0 saturated heterocycles. The van der Waals surface area contributed by atoms with Crippen molar-refractivity contribution < 1.29 is 14.3 Å². The van der Waals surface area contributed by atoms with Gasteiger partial charge in [0.15, 0.2) is 5.78 Å². The second kappa shape index (κ2) is 12.0. The number of amides is 1. The maximum absolute atomic E-state index is 12.3. The van der Waals surface area contributed by atoms with Crippen LogP contribution in [0.25, 0.3) is 0 Å². The number of benzene rings is 2. The van der Waals surface area contributed by atoms with Gasteiger partial charge in [-0.15, -0.1) is 0 Å². The van der Waals surface area contributed by atoms with Gasteiger partial charge in [-0.1, -0.05) is 56.3 Å². The summed E-state index contributed by atoms with van der Waals surface area (Å²) in [4.78, 5) is 26.8. The second-order valence-electron chi connectivity index (χ2n) is 6.96. The molecule has 0 radical (unpaired) electrons. The van der Waals surface area contributed by atoms with Crippen molar-refractivity contribution >= 4 is 11.7 Å². The van der Waals surface area contributed by atoms with Gasteiger partial charge < -0.3 is 10.1 Å². The van der Waals surface area contributed by atoms with E-state index >= 15 is 0 Å². The SMILES string of the molecule is CCN(CC)C(CNC(=O)CCCC(=O)c1ccccc1)c1ccc(OC)cc1. The lowest BCUT2D eigenvalue weighted by Crippen LogP contribution is -2.38. The van der Waals surface area contributed by atoms with E-state index in [-0.39, 0.29) is 17.7 Å². The summed E-state index contributed by atoms with van der Waals surface area (Å²) in [6.45, 7) is 6.58. The molecule has 0 spiro atoms. The molecule has 0 saturated carbocycles. The van der Waals surface area contributed by atoms with Gasteiger partial charge >= 0.3 is 0 Å². The number of ketones is 1. The van der Waals surface area contributed by atoms with Crippen LogP contribution in [0, 0.1) is 0 Å². The number of hydrogen-bond donors (Lipinski definition) is 1. The first-order valence-electron chi connectivity index (χ1n) is 10.3. The summed E-state index contributed by atoms with van der Waals surface area (Å²) in [5.41, 5.74) is 1.85. The summed E-state index contributed by atoms with van der Waals surface area (Å²) in [5, 5.41) is 3.05. The molecule has 1 unspecified atom stereocenters. The minimum atomic E-state index is -0.0171. The molecule has 0 aromatic heterocycles. The Morgan fingerprint density at radius 3 is 2.21 bits per heavy atom. The summed E-state index contributed by atoms with van der Waals surface area (Å²) in [7, 11) is 1.65. The average molecular weight is 397 g/mol. The van der Waals surface area contributed by atoms with Crippen molar-refractivity contribution in [1.82, 2.24) is 10.2 Å². The van der Waals surface area contributed by atoms with Gasteiger partial charge in [-0.3, -0.25) is 14.5 Å². The van der Waals surface area contributed by atoms with Crippen molar-refractivity contribution in [2.24, 2.45) is 0 Å². The number of nitrogens with zero attached hydrogens (tertiary/aromatic N) is 1. The number of carbonyl (C=O) groups excluding carboxylic acids is 2. The van der Waals surface area contributed by atoms with Crippen molar-refractivity contribution in [1.29, 1.82) is 0 Å². The Labute approximate surface area is 174 Å². The minimum absolute atomic E-state index is 0.0171. The molecule has 0 aliphatic heterocycles. The molecule has 2 aromatic rings. The molecular weight excluding hydrogens is 364 g/mol. The highest BCUT2D eigenvalue weighted by molar-refractivity contribution is 5.96. The molecule has 2 rings (SSSR count). The topological polar surface area (TPSA) is 58.6 Å². The van der Waals surface area contributed by atoms with E-state index in [0.717, 1.165) is 24.4 Å². The standard InChI is InChI=1S/C24H32N2O3/c1-4-26(5-2)22(19-14-16-21(29-3)17-15-19)18-25-24(28)13-9-12-23(27)20-10-7-6-8-11-20/h6-8,10-11,14-17,22H,4-5,9,12-13,18H2,1-3H3,(H,25,28). The van der Waals surface area contributed by atoms with Crippen molar-refractivity contribution in [3.8, 4) is 5.75 Å². The van der Waals surface area contributed by atoms with Gasteiger partial charge in [0.25, 0.3) is 0 Å². The number of likely N-dealkylation sites (N-methyl/N-ethyl adjacent to an activating group) is 1. The number of methoxy groups -OCH3 is 1. The Morgan fingerprint density at radius 1 is 0.966 bits per heavy atom. The third-order valence-electron chi connectivity index (χ3n) is 5.15. The zero-order chi connectivity index (χ0) is 21.1. The number of Topliss-reactive ketones (excluding diaryl/α,β-unsaturated/α-hetero) is 1. The van der Waals surface area contributed by atoms with Gasteiger partial charge in [0.1, 0.15) is 5.75 Å². The molecule has 0 aliphatic carbocycles. The van der Waals surface area contributed by atoms with Crippen LogP contribution in [0.4, 0.5) is 0 Å². The van der Waals surface area contributed by atoms with Crippen LogP contribution in [0.15, 0.2) is 54.6 Å². The zero-order valence-electron chi connectivity index (χ0n) is 17.7. The summed E-state index contributed by atoms with van der Waals surface area (Å²) >= 11 is 0. The monoisotopic (exact) mass is 396 g/mol. The van der Waals surface area contributed by atoms with E-state index in [0.29, 0.717) is 31.4 Å². The van der Waals surface area contributed by atoms with E-state index in [1.165, 1.54) is 0 Å². The molecule has 0 heterocycles. The van der Waals surface area contributed by atoms with E-state index in [1.54, 1.807) is 7.11 Å². The zero-order valence-corrected chi connectivity index (χ0v) is 17.7. The molecule has 2 aromatic carbocycles. The molecule has 1 amide bonds. The molecule has 1 N–H and O–H groups in total. The first-order chi connectivity index (χ1) is 14.1. The molecule has 0 aliphatic rings. The van der Waals surface area contributed by atoms with Crippen LogP contribution in [-0.4, -0.2) is 43.3 Å². The Bertz CT molecular complexity index is 755. The van der Waals surface area contributed by atoms with Gasteiger partial charge in [0.2, 0.25) is 5.91 Å². The van der Waals surface area contributed by atoms with Crippen molar-refractivity contribution in [3.63, 3.8) is 0 Å². The first kappa shape index (κ1) is 22.6. The van der Waals surface area contributed by atoms with E-state index < -0.39 is 0 Å². The van der Waals surface area contributed by atoms with Crippen LogP contribution in [-0.2, 0) is 4.79 Å². The average Bonchev–Trinajstić information content (AvgIpc) is 2.77. The summed E-state index contributed by atoms with van der Waals surface area (Å²) in [6, 6.07) is 17.3. The van der Waals surface area contributed by atoms with Gasteiger partial charge in [-0.05, 0) is 37.2 Å². The number of rotatable bonds is 12. The molecular formula is C24H32N2O3. The van der Waals surface area contributed by atoms with Crippen molar-refractivity contribution in [2.75, 3.05) is 26.7 Å². The lowest BCUT2D eigenvalue weighted by Gasteiger charge is -2.30. The summed E-state index contributed by atoms with van der Waals surface area (Å²) < 4.78 is 5.24. The molecule has 0 bridgehead atoms. The third-order valence-corrected chi connectivity index (χ3v) is 5.15. The van der Waals surface area contributed by atoms with Gasteiger partial charge in [0.05, 0.1) is 13.2 Å². The predicted molar refractivity (Wildman–Crippen MR) is 116 cm³/mol. The Morgan fingerprint density at radius 2 is 1.62 bits per heavy atom. The van der Waals surface area contributed by atoms with Crippen molar-refractivity contribution in [3.05, 3.63) is 65.7 Å². The van der Waals surface area contributed by atoms with Crippen molar-refractivity contribution in [2.45, 2.75) is 39.2 Å². The highest BCUT2D eigenvalue weighted by Gasteiger charge is 2.19. The Balaban J connectivity index is 1.87. The molecule has 0 fully saturated rings. The fourth-order valence-electron chi connectivity index (χ4n) is 3.42. The van der Waals surface area contributed by atoms with Crippen LogP contribution < -0.4 is 10.1 Å². The van der Waals surface area contributed by atoms with Gasteiger partial charge in [-0.25, -0.2) is 0 Å². The number of ether oxygens (including phenoxy) is 1. The molecule has 5 heteroatoms. The Kier molecular flexibility index (Phi) is 9.38. The molecule has 1 atom stereocenters.